The van der Waals surface area contributed by atoms with Gasteiger partial charge in [0.2, 0.25) is 0 Å². The van der Waals surface area contributed by atoms with Gasteiger partial charge in [0.1, 0.15) is 5.69 Å². The van der Waals surface area contributed by atoms with Crippen LogP contribution < -0.4 is 14.9 Å². The quantitative estimate of drug-likeness (QED) is 0.108. The number of nitrogens with zero attached hydrogens (tertiary/aromatic N) is 4. The van der Waals surface area contributed by atoms with Crippen molar-refractivity contribution in [2.45, 2.75) is 30.8 Å². The summed E-state index contributed by atoms with van der Waals surface area (Å²) >= 11 is 0. The Kier molecular flexibility index (Phi) is 11.1. The van der Waals surface area contributed by atoms with Gasteiger partial charge in [0, 0.05) is 57.1 Å². The van der Waals surface area contributed by atoms with Crippen LogP contribution in [0.25, 0.3) is 11.1 Å². The van der Waals surface area contributed by atoms with E-state index in [1.54, 1.807) is 31.3 Å². The zero-order valence-electron chi connectivity index (χ0n) is 30.3. The van der Waals surface area contributed by atoms with Crippen LogP contribution in [0.3, 0.4) is 0 Å². The molecule has 2 N–H and O–H groups in total. The van der Waals surface area contributed by atoms with Gasteiger partial charge in [-0.25, -0.2) is 17.9 Å². The number of benzene rings is 5. The summed E-state index contributed by atoms with van der Waals surface area (Å²) in [5.41, 5.74) is 3.95. The molecule has 0 spiro atoms. The number of hydrogen-bond donors (Lipinski definition) is 2. The predicted octanol–water partition coefficient (Wildman–Crippen LogP) is 7.10. The van der Waals surface area contributed by atoms with E-state index in [1.165, 1.54) is 21.6 Å². The summed E-state index contributed by atoms with van der Waals surface area (Å²) in [6, 6.07) is 37.2. The van der Waals surface area contributed by atoms with Crippen molar-refractivity contribution in [3.05, 3.63) is 154 Å². The average molecular weight is 747 g/mol. The number of anilines is 2. The summed E-state index contributed by atoms with van der Waals surface area (Å²) in [6.45, 7) is 7.75. The van der Waals surface area contributed by atoms with Crippen LogP contribution in [0.4, 0.5) is 21.9 Å². The number of urea groups is 1. The van der Waals surface area contributed by atoms with Crippen LogP contribution in [0.15, 0.2) is 132 Å². The SMILES string of the molecule is CN(C(=O)Nc1ccc(S(=O)(=O)NC(=O)c2ccc(N3CCN(Cc4ccccc4-c4ccccc4)CC3)cc2)cc1[N+](=O)[O-])C(C)(C)c1ccccc1. The van der Waals surface area contributed by atoms with Crippen LogP contribution in [0.1, 0.15) is 35.3 Å². The molecule has 1 aliphatic heterocycles. The number of sulfonamides is 1. The van der Waals surface area contributed by atoms with Crippen LogP contribution in [0, 0.1) is 10.1 Å². The molecule has 13 heteroatoms. The van der Waals surface area contributed by atoms with Crippen molar-refractivity contribution in [2.24, 2.45) is 0 Å². The highest BCUT2D eigenvalue weighted by atomic mass is 32.2. The van der Waals surface area contributed by atoms with Crippen molar-refractivity contribution >= 4 is 39.0 Å². The minimum atomic E-state index is -4.51. The Morgan fingerprint density at radius 3 is 2.07 bits per heavy atom. The van der Waals surface area contributed by atoms with E-state index in [-0.39, 0.29) is 11.3 Å². The molecule has 278 valence electrons. The number of rotatable bonds is 11. The smallest absolute Gasteiger partial charge is 0.322 e. The monoisotopic (exact) mass is 746 g/mol. The molecule has 12 nitrogen and oxygen atoms in total. The van der Waals surface area contributed by atoms with E-state index in [4.69, 9.17) is 0 Å². The van der Waals surface area contributed by atoms with Crippen molar-refractivity contribution < 1.29 is 22.9 Å². The van der Waals surface area contributed by atoms with Gasteiger partial charge in [0.15, 0.2) is 0 Å². The van der Waals surface area contributed by atoms with Gasteiger partial charge < -0.3 is 15.1 Å². The molecule has 6 rings (SSSR count). The molecule has 54 heavy (non-hydrogen) atoms. The fourth-order valence-corrected chi connectivity index (χ4v) is 7.45. The minimum Gasteiger partial charge on any atom is -0.369 e. The van der Waals surface area contributed by atoms with Crippen molar-refractivity contribution in [1.82, 2.24) is 14.5 Å². The van der Waals surface area contributed by atoms with Crippen LogP contribution in [0.2, 0.25) is 0 Å². The van der Waals surface area contributed by atoms with Gasteiger partial charge in [0.05, 0.1) is 15.4 Å². The lowest BCUT2D eigenvalue weighted by Crippen LogP contribution is -2.46. The van der Waals surface area contributed by atoms with E-state index in [9.17, 15) is 28.1 Å². The number of piperazine rings is 1. The van der Waals surface area contributed by atoms with E-state index < -0.39 is 43.0 Å². The maximum Gasteiger partial charge on any atom is 0.322 e. The number of nitro benzene ring substituents is 1. The highest BCUT2D eigenvalue weighted by Crippen LogP contribution is 2.31. The molecule has 0 aliphatic carbocycles. The molecule has 1 saturated heterocycles. The van der Waals surface area contributed by atoms with Crippen molar-refractivity contribution in [1.29, 1.82) is 0 Å². The Morgan fingerprint density at radius 1 is 0.815 bits per heavy atom. The van der Waals surface area contributed by atoms with Crippen molar-refractivity contribution in [3.8, 4) is 11.1 Å². The molecule has 3 amide bonds. The molecule has 0 radical (unpaired) electrons. The first-order valence-corrected chi connectivity index (χ1v) is 19.0. The molecule has 0 saturated carbocycles. The van der Waals surface area contributed by atoms with E-state index in [0.29, 0.717) is 0 Å². The normalized spacial score (nSPS) is 13.6. The fraction of sp³-hybridized carbons (Fsp3) is 0.220. The van der Waals surface area contributed by atoms with Crippen LogP contribution >= 0.6 is 0 Å². The summed E-state index contributed by atoms with van der Waals surface area (Å²) in [6.07, 6.45) is 0. The third-order valence-electron chi connectivity index (χ3n) is 9.93. The summed E-state index contributed by atoms with van der Waals surface area (Å²) in [7, 11) is -2.95. The largest absolute Gasteiger partial charge is 0.369 e. The highest BCUT2D eigenvalue weighted by molar-refractivity contribution is 7.90. The lowest BCUT2D eigenvalue weighted by atomic mass is 9.93. The standard InChI is InChI=1S/C41H42N6O6S/c1-41(2,33-15-8-5-9-16-33)44(3)40(49)42-37-23-22-35(28-38(37)47(50)51)54(52,53)43-39(48)31-18-20-34(21-19-31)46-26-24-45(25-27-46)29-32-14-10-11-17-36(32)30-12-6-4-7-13-30/h4-23,28H,24-27,29H2,1-3H3,(H,42,49)(H,43,48). The van der Waals surface area contributed by atoms with Gasteiger partial charge in [-0.15, -0.1) is 0 Å². The number of amides is 3. The number of nitrogens with one attached hydrogen (secondary N) is 2. The Bertz CT molecular complexity index is 2240. The highest BCUT2D eigenvalue weighted by Gasteiger charge is 2.31. The topological polar surface area (TPSA) is 145 Å². The molecule has 0 bridgehead atoms. The zero-order valence-corrected chi connectivity index (χ0v) is 31.1. The first-order chi connectivity index (χ1) is 25.8. The van der Waals surface area contributed by atoms with Crippen LogP contribution in [-0.2, 0) is 22.1 Å². The third kappa shape index (κ3) is 8.43. The fourth-order valence-electron chi connectivity index (χ4n) is 6.45. The van der Waals surface area contributed by atoms with E-state index in [1.807, 2.05) is 67.1 Å². The lowest BCUT2D eigenvalue weighted by molar-refractivity contribution is -0.384. The van der Waals surface area contributed by atoms with Gasteiger partial charge in [-0.05, 0) is 72.5 Å². The van der Waals surface area contributed by atoms with E-state index in [0.717, 1.165) is 62.2 Å². The third-order valence-corrected chi connectivity index (χ3v) is 11.3. The summed E-state index contributed by atoms with van der Waals surface area (Å²) in [4.78, 5) is 43.0. The Morgan fingerprint density at radius 2 is 1.43 bits per heavy atom. The summed E-state index contributed by atoms with van der Waals surface area (Å²) in [5.74, 6) is -0.881. The van der Waals surface area contributed by atoms with Crippen LogP contribution in [-0.4, -0.2) is 68.3 Å². The minimum absolute atomic E-state index is 0.112. The lowest BCUT2D eigenvalue weighted by Gasteiger charge is -2.36. The number of hydrogen-bond acceptors (Lipinski definition) is 8. The average Bonchev–Trinajstić information content (AvgIpc) is 3.18. The number of carbonyl (C=O) groups excluding carboxylic acids is 2. The predicted molar refractivity (Wildman–Crippen MR) is 210 cm³/mol. The second-order valence-electron chi connectivity index (χ2n) is 13.6. The van der Waals surface area contributed by atoms with Gasteiger partial charge in [-0.2, -0.15) is 0 Å². The Hall–Kier alpha value is -6.05. The summed E-state index contributed by atoms with van der Waals surface area (Å²) < 4.78 is 28.5. The van der Waals surface area contributed by atoms with Gasteiger partial charge in [-0.1, -0.05) is 84.9 Å². The Balaban J connectivity index is 1.06. The van der Waals surface area contributed by atoms with Crippen LogP contribution in [0.5, 0.6) is 0 Å². The summed E-state index contributed by atoms with van der Waals surface area (Å²) in [5, 5.41) is 14.5. The molecule has 1 heterocycles. The van der Waals surface area contributed by atoms with Gasteiger partial charge in [0.25, 0.3) is 21.6 Å². The zero-order chi connectivity index (χ0) is 38.5. The molecule has 1 fully saturated rings. The molecular weight excluding hydrogens is 705 g/mol. The molecule has 5 aromatic rings. The van der Waals surface area contributed by atoms with Crippen molar-refractivity contribution in [2.75, 3.05) is 43.4 Å². The first kappa shape index (κ1) is 37.7. The molecule has 5 aromatic carbocycles. The van der Waals surface area contributed by atoms with Gasteiger partial charge >= 0.3 is 6.03 Å². The maximum absolute atomic E-state index is 13.2. The Labute approximate surface area is 315 Å². The second kappa shape index (κ2) is 15.9. The molecule has 0 unspecified atom stereocenters. The van der Waals surface area contributed by atoms with E-state index in [2.05, 4.69) is 51.5 Å². The first-order valence-electron chi connectivity index (χ1n) is 17.5. The molecule has 1 aliphatic rings. The number of nitro groups is 1. The maximum atomic E-state index is 13.2. The molecular formula is C41H42N6O6S. The van der Waals surface area contributed by atoms with Gasteiger partial charge in [-0.3, -0.25) is 19.8 Å². The van der Waals surface area contributed by atoms with E-state index >= 15 is 0 Å². The second-order valence-corrected chi connectivity index (χ2v) is 15.3. The molecule has 0 aromatic heterocycles. The number of carbonyl (C=O) groups is 2. The van der Waals surface area contributed by atoms with Crippen molar-refractivity contribution in [3.63, 3.8) is 0 Å². The molecule has 0 atom stereocenters.